The molecular formula is C13H21NO4S3. The number of hydrogen-bond acceptors (Lipinski definition) is 6. The van der Waals surface area contributed by atoms with E-state index in [1.807, 2.05) is 0 Å². The van der Waals surface area contributed by atoms with Crippen LogP contribution in [0.2, 0.25) is 0 Å². The largest absolute Gasteiger partial charge is 0.444 e. The first-order valence-corrected chi connectivity index (χ1v) is 9.50. The number of ether oxygens (including phenoxy) is 1. The molecule has 0 aliphatic rings. The molecule has 0 fully saturated rings. The lowest BCUT2D eigenvalue weighted by Gasteiger charge is -2.20. The van der Waals surface area contributed by atoms with Crippen LogP contribution in [0.5, 0.6) is 0 Å². The van der Waals surface area contributed by atoms with Gasteiger partial charge >= 0.3 is 6.09 Å². The third kappa shape index (κ3) is 4.62. The Morgan fingerprint density at radius 1 is 1.43 bits per heavy atom. The molecule has 1 aromatic heterocycles. The SMILES string of the molecule is CC(C)S(=O)(=O)c1csc(CS)c1NC(=O)OC(C)(C)C. The summed E-state index contributed by atoms with van der Waals surface area (Å²) in [7, 11) is -3.48. The van der Waals surface area contributed by atoms with Gasteiger partial charge in [0.2, 0.25) is 0 Å². The molecule has 0 saturated carbocycles. The maximum absolute atomic E-state index is 12.3. The van der Waals surface area contributed by atoms with Gasteiger partial charge in [-0.3, -0.25) is 5.32 Å². The zero-order chi connectivity index (χ0) is 16.4. The summed E-state index contributed by atoms with van der Waals surface area (Å²) in [5.41, 5.74) is -0.379. The first-order chi connectivity index (χ1) is 9.49. The number of sulfone groups is 1. The molecule has 1 aromatic rings. The van der Waals surface area contributed by atoms with E-state index in [0.717, 1.165) is 0 Å². The lowest BCUT2D eigenvalue weighted by molar-refractivity contribution is 0.0635. The lowest BCUT2D eigenvalue weighted by atomic mass is 10.2. The Hall–Kier alpha value is -0.730. The number of carbonyl (C=O) groups excluding carboxylic acids is 1. The van der Waals surface area contributed by atoms with E-state index in [4.69, 9.17) is 4.74 Å². The molecule has 1 rings (SSSR count). The van der Waals surface area contributed by atoms with E-state index in [-0.39, 0.29) is 10.6 Å². The first-order valence-electron chi connectivity index (χ1n) is 6.44. The average Bonchev–Trinajstić information content (AvgIpc) is 2.69. The van der Waals surface area contributed by atoms with Gasteiger partial charge in [-0.05, 0) is 34.6 Å². The lowest BCUT2D eigenvalue weighted by Crippen LogP contribution is -2.28. The van der Waals surface area contributed by atoms with E-state index in [1.165, 1.54) is 16.7 Å². The Morgan fingerprint density at radius 3 is 2.43 bits per heavy atom. The summed E-state index contributed by atoms with van der Waals surface area (Å²) in [6.45, 7) is 8.43. The minimum absolute atomic E-state index is 0.123. The highest BCUT2D eigenvalue weighted by Crippen LogP contribution is 2.35. The molecule has 0 atom stereocenters. The minimum atomic E-state index is -3.48. The number of amides is 1. The van der Waals surface area contributed by atoms with Gasteiger partial charge in [0.15, 0.2) is 9.84 Å². The molecular weight excluding hydrogens is 330 g/mol. The molecule has 5 nitrogen and oxygen atoms in total. The van der Waals surface area contributed by atoms with Crippen LogP contribution in [-0.4, -0.2) is 25.4 Å². The summed E-state index contributed by atoms with van der Waals surface area (Å²) < 4.78 is 29.9. The summed E-state index contributed by atoms with van der Waals surface area (Å²) >= 11 is 5.43. The van der Waals surface area contributed by atoms with Crippen LogP contribution in [0, 0.1) is 0 Å². The van der Waals surface area contributed by atoms with Gasteiger partial charge in [0.1, 0.15) is 10.5 Å². The Bertz CT molecular complexity index is 612. The molecule has 0 aliphatic heterocycles. The molecule has 0 aromatic carbocycles. The molecule has 0 aliphatic carbocycles. The van der Waals surface area contributed by atoms with Crippen molar-refractivity contribution >= 4 is 45.6 Å². The predicted molar refractivity (Wildman–Crippen MR) is 89.2 cm³/mol. The number of nitrogens with one attached hydrogen (secondary N) is 1. The van der Waals surface area contributed by atoms with Crippen molar-refractivity contribution in [1.82, 2.24) is 0 Å². The second kappa shape index (κ2) is 6.58. The molecule has 120 valence electrons. The molecule has 1 N–H and O–H groups in total. The Morgan fingerprint density at radius 2 is 2.00 bits per heavy atom. The summed E-state index contributed by atoms with van der Waals surface area (Å²) in [4.78, 5) is 12.7. The molecule has 0 radical (unpaired) electrons. The van der Waals surface area contributed by atoms with E-state index in [1.54, 1.807) is 34.6 Å². The normalized spacial score (nSPS) is 12.5. The molecule has 0 bridgehead atoms. The van der Waals surface area contributed by atoms with Gasteiger partial charge in [0.25, 0.3) is 0 Å². The summed E-state index contributed by atoms with van der Waals surface area (Å²) in [5.74, 6) is 0.337. The Labute approximate surface area is 135 Å². The van der Waals surface area contributed by atoms with Gasteiger partial charge < -0.3 is 4.74 Å². The third-order valence-corrected chi connectivity index (χ3v) is 6.37. The summed E-state index contributed by atoms with van der Waals surface area (Å²) in [6.07, 6.45) is -0.677. The maximum Gasteiger partial charge on any atom is 0.412 e. The highest BCUT2D eigenvalue weighted by atomic mass is 32.2. The van der Waals surface area contributed by atoms with Crippen LogP contribution in [0.1, 0.15) is 39.5 Å². The van der Waals surface area contributed by atoms with Crippen molar-refractivity contribution in [1.29, 1.82) is 0 Å². The Balaban J connectivity index is 3.17. The van der Waals surface area contributed by atoms with Crippen molar-refractivity contribution in [2.45, 2.75) is 56.1 Å². The van der Waals surface area contributed by atoms with Crippen LogP contribution in [0.3, 0.4) is 0 Å². The maximum atomic E-state index is 12.3. The molecule has 21 heavy (non-hydrogen) atoms. The van der Waals surface area contributed by atoms with Crippen LogP contribution in [-0.2, 0) is 20.3 Å². The van der Waals surface area contributed by atoms with Crippen LogP contribution < -0.4 is 5.32 Å². The Kier molecular flexibility index (Phi) is 5.74. The fourth-order valence-electron chi connectivity index (χ4n) is 1.50. The predicted octanol–water partition coefficient (Wildman–Crippen LogP) is 3.71. The molecule has 1 amide bonds. The first kappa shape index (κ1) is 18.3. The highest BCUT2D eigenvalue weighted by Gasteiger charge is 2.28. The second-order valence-corrected chi connectivity index (χ2v) is 9.53. The van der Waals surface area contributed by atoms with Gasteiger partial charge in [-0.25, -0.2) is 13.2 Å². The summed E-state index contributed by atoms with van der Waals surface area (Å²) in [5, 5.41) is 3.51. The van der Waals surface area contributed by atoms with E-state index >= 15 is 0 Å². The topological polar surface area (TPSA) is 72.5 Å². The number of rotatable bonds is 4. The van der Waals surface area contributed by atoms with Gasteiger partial charge in [-0.15, -0.1) is 11.3 Å². The van der Waals surface area contributed by atoms with E-state index in [0.29, 0.717) is 10.6 Å². The summed E-state index contributed by atoms with van der Waals surface area (Å²) in [6, 6.07) is 0. The molecule has 1 heterocycles. The second-order valence-electron chi connectivity index (χ2n) is 5.78. The van der Waals surface area contributed by atoms with Crippen LogP contribution in [0.25, 0.3) is 0 Å². The quantitative estimate of drug-likeness (QED) is 0.811. The van der Waals surface area contributed by atoms with Crippen molar-refractivity contribution in [3.05, 3.63) is 10.3 Å². The minimum Gasteiger partial charge on any atom is -0.444 e. The third-order valence-electron chi connectivity index (χ3n) is 2.53. The van der Waals surface area contributed by atoms with E-state index in [9.17, 15) is 13.2 Å². The molecule has 0 unspecified atom stereocenters. The molecule has 0 saturated heterocycles. The van der Waals surface area contributed by atoms with E-state index in [2.05, 4.69) is 17.9 Å². The van der Waals surface area contributed by atoms with Gasteiger partial charge in [0, 0.05) is 16.0 Å². The molecule has 8 heteroatoms. The van der Waals surface area contributed by atoms with Crippen molar-refractivity contribution in [2.24, 2.45) is 0 Å². The van der Waals surface area contributed by atoms with Gasteiger partial charge in [-0.1, -0.05) is 0 Å². The van der Waals surface area contributed by atoms with Crippen LogP contribution >= 0.6 is 24.0 Å². The van der Waals surface area contributed by atoms with Crippen molar-refractivity contribution in [3.8, 4) is 0 Å². The van der Waals surface area contributed by atoms with Gasteiger partial charge in [-0.2, -0.15) is 12.6 Å². The van der Waals surface area contributed by atoms with Crippen molar-refractivity contribution in [3.63, 3.8) is 0 Å². The van der Waals surface area contributed by atoms with Crippen molar-refractivity contribution in [2.75, 3.05) is 5.32 Å². The van der Waals surface area contributed by atoms with Crippen LogP contribution in [0.4, 0.5) is 10.5 Å². The monoisotopic (exact) mass is 351 g/mol. The van der Waals surface area contributed by atoms with Crippen LogP contribution in [0.15, 0.2) is 10.3 Å². The fourth-order valence-corrected chi connectivity index (χ4v) is 4.31. The zero-order valence-electron chi connectivity index (χ0n) is 12.8. The molecule has 0 spiro atoms. The zero-order valence-corrected chi connectivity index (χ0v) is 15.3. The highest BCUT2D eigenvalue weighted by molar-refractivity contribution is 7.92. The van der Waals surface area contributed by atoms with Gasteiger partial charge in [0.05, 0.1) is 10.9 Å². The number of carbonyl (C=O) groups is 1. The van der Waals surface area contributed by atoms with Crippen molar-refractivity contribution < 1.29 is 17.9 Å². The average molecular weight is 352 g/mol. The number of anilines is 1. The standard InChI is InChI=1S/C13H21NO4S3/c1-8(2)21(16,17)10-7-20-9(6-19)11(10)14-12(15)18-13(3,4)5/h7-8,19H,6H2,1-5H3,(H,14,15). The fraction of sp³-hybridized carbons (Fsp3) is 0.615. The number of thiophene rings is 1. The smallest absolute Gasteiger partial charge is 0.412 e. The number of hydrogen-bond donors (Lipinski definition) is 2. The van der Waals surface area contributed by atoms with E-state index < -0.39 is 26.8 Å². The number of thiol groups is 1.